The maximum absolute atomic E-state index is 13.4. The van der Waals surface area contributed by atoms with Gasteiger partial charge in [-0.25, -0.2) is 0 Å². The predicted octanol–water partition coefficient (Wildman–Crippen LogP) is -0.286. The molecule has 1 aliphatic carbocycles. The number of rotatable bonds is 2. The molecule has 2 aliphatic heterocycles. The van der Waals surface area contributed by atoms with E-state index in [1.54, 1.807) is 31.1 Å². The zero-order chi connectivity index (χ0) is 23.7. The van der Waals surface area contributed by atoms with Gasteiger partial charge >= 0.3 is 8.32 Å². The first kappa shape index (κ1) is 22.2. The zero-order valence-electron chi connectivity index (χ0n) is 17.6. The van der Waals surface area contributed by atoms with Gasteiger partial charge in [0.1, 0.15) is 26.2 Å². The van der Waals surface area contributed by atoms with Crippen molar-refractivity contribution in [3.8, 4) is 5.75 Å². The summed E-state index contributed by atoms with van der Waals surface area (Å²) in [5, 5.41) is 29.9. The molecule has 0 radical (unpaired) electrons. The Balaban J connectivity index is 2.02. The Morgan fingerprint density at radius 3 is 2.50 bits per heavy atom. The maximum atomic E-state index is 13.4. The third-order valence-corrected chi connectivity index (χ3v) is 13.5. The number of nitrogens with two attached hydrogens (primary N) is 1. The van der Waals surface area contributed by atoms with Crippen LogP contribution in [0.5, 0.6) is 5.75 Å². The first-order chi connectivity index (χ1) is 14.9. The summed E-state index contributed by atoms with van der Waals surface area (Å²) in [6.45, 7) is 4.08. The lowest BCUT2D eigenvalue weighted by Crippen LogP contribution is -2.61. The Morgan fingerprint density at radius 2 is 1.91 bits per heavy atom. The van der Waals surface area contributed by atoms with Crippen molar-refractivity contribution in [3.05, 3.63) is 57.8 Å². The fourth-order valence-electron chi connectivity index (χ4n) is 5.31. The molecule has 3 aliphatic rings. The van der Waals surface area contributed by atoms with Crippen molar-refractivity contribution in [1.29, 1.82) is 0 Å². The van der Waals surface area contributed by atoms with E-state index in [-0.39, 0.29) is 23.3 Å². The van der Waals surface area contributed by atoms with Gasteiger partial charge < -0.3 is 30.7 Å². The van der Waals surface area contributed by atoms with E-state index in [9.17, 15) is 34.5 Å². The van der Waals surface area contributed by atoms with Crippen molar-refractivity contribution in [1.82, 2.24) is 4.90 Å². The van der Waals surface area contributed by atoms with Crippen LogP contribution in [0.4, 0.5) is 0 Å². The molecule has 1 amide bonds. The highest BCUT2D eigenvalue weighted by Gasteiger charge is 2.64. The Bertz CT molecular complexity index is 1170. The van der Waals surface area contributed by atoms with E-state index < -0.39 is 68.4 Å². The lowest BCUT2D eigenvalue weighted by atomic mass is 9.73. The first-order valence-corrected chi connectivity index (χ1v) is 13.6. The number of allylic oxidation sites excluding steroid dienone is 2. The number of fused-ring (bicyclic) bond motifs is 3. The summed E-state index contributed by atoms with van der Waals surface area (Å²) in [5.74, 6) is -2.86. The molecule has 4 rings (SSSR count). The fourth-order valence-corrected chi connectivity index (χ4v) is 12.3. The Morgan fingerprint density at radius 1 is 1.25 bits per heavy atom. The number of phenols is 1. The normalized spacial score (nSPS) is 30.9. The zero-order valence-corrected chi connectivity index (χ0v) is 20.0. The molecule has 1 aromatic carbocycles. The lowest BCUT2D eigenvalue weighted by molar-refractivity contribution is -0.118. The van der Waals surface area contributed by atoms with Gasteiger partial charge in [-0.05, 0) is 37.7 Å². The highest BCUT2D eigenvalue weighted by atomic mass is 28.4. The van der Waals surface area contributed by atoms with Crippen molar-refractivity contribution in [3.63, 3.8) is 0 Å². The van der Waals surface area contributed by atoms with Gasteiger partial charge in [0.15, 0.2) is 11.2 Å². The number of ketones is 1. The molecule has 0 fully saturated rings. The molecule has 0 spiro atoms. The number of hydrogen-bond acceptors (Lipinski definition) is 8. The van der Waals surface area contributed by atoms with E-state index in [1.807, 2.05) is 0 Å². The molecule has 0 saturated carbocycles. The third kappa shape index (κ3) is 2.78. The molecule has 2 heterocycles. The van der Waals surface area contributed by atoms with Crippen LogP contribution >= 0.6 is 0 Å². The number of phenolic OH excluding ortho intramolecular Hbond substituents is 1. The van der Waals surface area contributed by atoms with E-state index in [0.717, 1.165) is 0 Å². The number of benzene rings is 1. The van der Waals surface area contributed by atoms with E-state index in [2.05, 4.69) is 6.58 Å². The monoisotopic (exact) mass is 472 g/mol. The summed E-state index contributed by atoms with van der Waals surface area (Å²) in [4.78, 5) is 52.4. The number of aromatic hydroxyl groups is 1. The average molecular weight is 473 g/mol. The molecule has 1 aromatic rings. The number of hydrogen-bond donors (Lipinski definition) is 5. The van der Waals surface area contributed by atoms with E-state index in [0.29, 0.717) is 11.1 Å². The van der Waals surface area contributed by atoms with Crippen molar-refractivity contribution in [2.45, 2.75) is 17.6 Å². The van der Waals surface area contributed by atoms with Gasteiger partial charge in [0, 0.05) is 22.7 Å². The lowest BCUT2D eigenvalue weighted by Gasteiger charge is -2.45. The summed E-state index contributed by atoms with van der Waals surface area (Å²) in [6, 6.07) is 4.56. The molecular formula is C21H24N2O7Si2. The number of amides is 1. The molecule has 0 unspecified atom stereocenters. The number of carbonyl (C=O) groups is 3. The largest absolute Gasteiger partial charge is 0.517 e. The van der Waals surface area contributed by atoms with Gasteiger partial charge in [0.2, 0.25) is 0 Å². The van der Waals surface area contributed by atoms with Crippen LogP contribution in [0.1, 0.15) is 22.3 Å². The molecule has 9 nitrogen and oxygen atoms in total. The predicted molar refractivity (Wildman–Crippen MR) is 121 cm³/mol. The van der Waals surface area contributed by atoms with Crippen molar-refractivity contribution < 1.29 is 34.5 Å². The second-order valence-corrected chi connectivity index (χ2v) is 13.8. The van der Waals surface area contributed by atoms with Gasteiger partial charge in [0.25, 0.3) is 5.91 Å². The SMILES string of the molecule is C=C1c2cccc(O)c2C(=O)C2=C(O)[Si@]3(O)C(=O)C(C(N)=O)=C(O)[SiH2][C@@H](N(C)C)[C@@H]3C[C@H]12. The third-order valence-electron chi connectivity index (χ3n) is 6.91. The summed E-state index contributed by atoms with van der Waals surface area (Å²) in [5.41, 5.74) is 4.08. The van der Waals surface area contributed by atoms with Crippen LogP contribution in [0, 0.1) is 5.92 Å². The van der Waals surface area contributed by atoms with Crippen molar-refractivity contribution in [2.24, 2.45) is 11.7 Å². The average Bonchev–Trinajstić information content (AvgIpc) is 2.79. The van der Waals surface area contributed by atoms with Gasteiger partial charge in [-0.3, -0.25) is 14.4 Å². The molecule has 6 N–H and O–H groups in total. The number of primary amides is 1. The van der Waals surface area contributed by atoms with Gasteiger partial charge in [-0.2, -0.15) is 0 Å². The van der Waals surface area contributed by atoms with Crippen molar-refractivity contribution >= 4 is 40.5 Å². The Labute approximate surface area is 187 Å². The van der Waals surface area contributed by atoms with E-state index in [4.69, 9.17) is 5.73 Å². The van der Waals surface area contributed by atoms with Crippen LogP contribution in [0.25, 0.3) is 5.57 Å². The topological polar surface area (TPSA) is 161 Å². The van der Waals surface area contributed by atoms with Crippen LogP contribution in [0.3, 0.4) is 0 Å². The molecule has 4 atom stereocenters. The minimum atomic E-state index is -4.60. The molecule has 0 aromatic heterocycles. The molecule has 32 heavy (non-hydrogen) atoms. The molecule has 0 saturated heterocycles. The van der Waals surface area contributed by atoms with Crippen LogP contribution in [-0.2, 0) is 9.59 Å². The van der Waals surface area contributed by atoms with Crippen LogP contribution < -0.4 is 5.73 Å². The van der Waals surface area contributed by atoms with Crippen LogP contribution in [0.15, 0.2) is 46.7 Å². The van der Waals surface area contributed by atoms with E-state index >= 15 is 0 Å². The quantitative estimate of drug-likeness (QED) is 0.290. The van der Waals surface area contributed by atoms with Gasteiger partial charge in [-0.1, -0.05) is 18.7 Å². The summed E-state index contributed by atoms with van der Waals surface area (Å²) in [6.07, 6.45) is 0.128. The number of aliphatic hydroxyl groups is 2. The standard InChI is InChI=1S/C21H24N2O7Si2/c1-8-9-5-4-6-11(24)13(9)16(25)14-10(8)7-12-18(23(2)3)31-19(27)15(17(22)26)21(29)32(12,30)20(14)28/h4-6,10,12,18,24,27-28,30H,1,7,31H2,2-3H3,(H2,22,26)/t10-,12+,18-,32+/m1/s1. The molecule has 11 heteroatoms. The second kappa shape index (κ2) is 7.27. The van der Waals surface area contributed by atoms with Crippen molar-refractivity contribution in [2.75, 3.05) is 14.1 Å². The molecule has 0 bridgehead atoms. The first-order valence-electron chi connectivity index (χ1n) is 10.1. The minimum absolute atomic E-state index is 0.0560. The minimum Gasteiger partial charge on any atom is -0.517 e. The maximum Gasteiger partial charge on any atom is 0.342 e. The second-order valence-electron chi connectivity index (χ2n) is 8.73. The van der Waals surface area contributed by atoms with Crippen LogP contribution in [0.2, 0.25) is 5.54 Å². The highest BCUT2D eigenvalue weighted by Crippen LogP contribution is 2.53. The molecule has 168 valence electrons. The smallest absolute Gasteiger partial charge is 0.342 e. The summed E-state index contributed by atoms with van der Waals surface area (Å²) >= 11 is 0. The number of nitrogens with zero attached hydrogens (tertiary/aromatic N) is 1. The highest BCUT2D eigenvalue weighted by molar-refractivity contribution is 7.10. The fraction of sp³-hybridized carbons (Fsp3) is 0.286. The van der Waals surface area contributed by atoms with Gasteiger partial charge in [0.05, 0.1) is 10.9 Å². The van der Waals surface area contributed by atoms with E-state index in [1.165, 1.54) is 6.07 Å². The number of carbonyl (C=O) groups excluding carboxylic acids is 3. The van der Waals surface area contributed by atoms with Gasteiger partial charge in [-0.15, -0.1) is 0 Å². The summed E-state index contributed by atoms with van der Waals surface area (Å²) < 4.78 is 0. The number of aliphatic hydroxyl groups excluding tert-OH is 2. The Kier molecular flexibility index (Phi) is 5.04. The Hall–Kier alpha value is -3.00. The molecular weight excluding hydrogens is 448 g/mol. The number of Topliss-reactive ketones (excluding diaryl/α,β-unsaturated/α-hetero) is 1. The van der Waals surface area contributed by atoms with Crippen LogP contribution in [-0.4, -0.2) is 79.7 Å². The summed E-state index contributed by atoms with van der Waals surface area (Å²) in [7, 11) is -2.83.